The van der Waals surface area contributed by atoms with Crippen LogP contribution in [0.5, 0.6) is 5.75 Å². The minimum Gasteiger partial charge on any atom is -0.404 e. The smallest absolute Gasteiger partial charge is 0.404 e. The predicted octanol–water partition coefficient (Wildman–Crippen LogP) is 7.52. The molecule has 0 radical (unpaired) electrons. The van der Waals surface area contributed by atoms with Crippen molar-refractivity contribution >= 4 is 6.09 Å². The molecule has 1 amide bonds. The van der Waals surface area contributed by atoms with Gasteiger partial charge < -0.3 is 24.3 Å². The molecule has 1 N–H and O–H groups in total. The molecule has 1 aromatic carbocycles. The van der Waals surface area contributed by atoms with Gasteiger partial charge >= 0.3 is 6.09 Å². The highest BCUT2D eigenvalue weighted by molar-refractivity contribution is 5.70. The highest BCUT2D eigenvalue weighted by Gasteiger charge is 2.28. The van der Waals surface area contributed by atoms with E-state index in [1.54, 1.807) is 0 Å². The van der Waals surface area contributed by atoms with Crippen LogP contribution in [0.2, 0.25) is 0 Å². The molecule has 1 unspecified atom stereocenters. The highest BCUT2D eigenvalue weighted by Crippen LogP contribution is 2.29. The van der Waals surface area contributed by atoms with Crippen molar-refractivity contribution in [1.29, 1.82) is 0 Å². The lowest BCUT2D eigenvalue weighted by molar-refractivity contribution is -0.302. The third kappa shape index (κ3) is 12.4. The molecule has 0 bridgehead atoms. The van der Waals surface area contributed by atoms with Crippen LogP contribution < -0.4 is 10.1 Å². The molecule has 0 fully saturated rings. The van der Waals surface area contributed by atoms with Gasteiger partial charge in [-0.1, -0.05) is 51.9 Å². The Bertz CT molecular complexity index is 764. The van der Waals surface area contributed by atoms with Gasteiger partial charge in [0.15, 0.2) is 0 Å². The monoisotopic (exact) mass is 541 g/mol. The summed E-state index contributed by atoms with van der Waals surface area (Å²) in [7, 11) is 0. The van der Waals surface area contributed by atoms with E-state index < -0.39 is 47.4 Å². The maximum absolute atomic E-state index is 13.7. The van der Waals surface area contributed by atoms with Crippen LogP contribution >= 0.6 is 0 Å². The second-order valence-corrected chi connectivity index (χ2v) is 8.58. The molecule has 0 spiro atoms. The van der Waals surface area contributed by atoms with Gasteiger partial charge in [-0.3, -0.25) is 0 Å². The summed E-state index contributed by atoms with van der Waals surface area (Å²) < 4.78 is 88.2. The fraction of sp³-hybridized carbons (Fsp3) is 0.731. The number of unbranched alkanes of at least 4 members (excludes halogenated alkanes) is 7. The lowest BCUT2D eigenvalue weighted by Crippen LogP contribution is -2.29. The van der Waals surface area contributed by atoms with E-state index in [0.717, 1.165) is 19.3 Å². The molecule has 0 aliphatic carbocycles. The number of benzene rings is 1. The average Bonchev–Trinajstić information content (AvgIpc) is 2.88. The van der Waals surface area contributed by atoms with Crippen molar-refractivity contribution in [2.24, 2.45) is 0 Å². The van der Waals surface area contributed by atoms with Gasteiger partial charge in [-0.25, -0.2) is 18.0 Å². The van der Waals surface area contributed by atoms with Crippen LogP contribution in [0.3, 0.4) is 0 Å². The Morgan fingerprint density at radius 2 is 1.19 bits per heavy atom. The maximum atomic E-state index is 13.7. The van der Waals surface area contributed by atoms with Crippen LogP contribution in [0, 0.1) is 29.1 Å². The Hall–Kier alpha value is -1.98. The van der Waals surface area contributed by atoms with E-state index >= 15 is 0 Å². The zero-order valence-electron chi connectivity index (χ0n) is 22.0. The first-order valence-corrected chi connectivity index (χ1v) is 13.1. The summed E-state index contributed by atoms with van der Waals surface area (Å²) in [6, 6.07) is 0. The van der Waals surface area contributed by atoms with Gasteiger partial charge in [0, 0.05) is 19.8 Å². The molecular weight excluding hydrogens is 501 g/mol. The average molecular weight is 542 g/mol. The van der Waals surface area contributed by atoms with Crippen molar-refractivity contribution in [3.8, 4) is 5.75 Å². The molecule has 1 aromatic rings. The topological polar surface area (TPSA) is 66.0 Å². The summed E-state index contributed by atoms with van der Waals surface area (Å²) in [5.74, 6) is -12.8. The lowest BCUT2D eigenvalue weighted by atomic mass is 10.0. The van der Waals surface area contributed by atoms with E-state index in [9.17, 15) is 26.7 Å². The van der Waals surface area contributed by atoms with E-state index in [2.05, 4.69) is 17.0 Å². The number of hydrogen-bond donors (Lipinski definition) is 1. The van der Waals surface area contributed by atoms with Crippen molar-refractivity contribution in [3.05, 3.63) is 29.1 Å². The zero-order valence-corrected chi connectivity index (χ0v) is 22.0. The van der Waals surface area contributed by atoms with Crippen LogP contribution in [-0.4, -0.2) is 38.4 Å². The maximum Gasteiger partial charge on any atom is 0.412 e. The summed E-state index contributed by atoms with van der Waals surface area (Å²) in [4.78, 5) is 11.8. The number of halogens is 5. The predicted molar refractivity (Wildman–Crippen MR) is 129 cm³/mol. The molecule has 11 heteroatoms. The molecule has 214 valence electrons. The van der Waals surface area contributed by atoms with Gasteiger partial charge in [0.05, 0.1) is 6.10 Å². The van der Waals surface area contributed by atoms with E-state index in [0.29, 0.717) is 32.5 Å². The largest absolute Gasteiger partial charge is 0.412 e. The minimum absolute atomic E-state index is 0.0682. The number of amides is 1. The summed E-state index contributed by atoms with van der Waals surface area (Å²) in [6.45, 7) is 6.04. The molecule has 6 nitrogen and oxygen atoms in total. The Labute approximate surface area is 216 Å². The lowest BCUT2D eigenvalue weighted by Gasteiger charge is -2.24. The Kier molecular flexibility index (Phi) is 17.1. The molecule has 1 atom stereocenters. The summed E-state index contributed by atoms with van der Waals surface area (Å²) in [6.07, 6.45) is 9.30. The molecular formula is C26H40F5NO5. The van der Waals surface area contributed by atoms with Gasteiger partial charge in [-0.15, -0.1) is 0 Å². The second-order valence-electron chi connectivity index (χ2n) is 8.58. The minimum atomic E-state index is -2.33. The van der Waals surface area contributed by atoms with Crippen LogP contribution in [0.1, 0.15) is 91.4 Å². The van der Waals surface area contributed by atoms with Crippen molar-refractivity contribution in [3.63, 3.8) is 0 Å². The number of carbonyl (C=O) groups excluding carboxylic acids is 1. The fourth-order valence-electron chi connectivity index (χ4n) is 3.66. The van der Waals surface area contributed by atoms with Gasteiger partial charge in [-0.2, -0.15) is 8.78 Å². The molecule has 0 aliphatic heterocycles. The molecule has 0 aromatic heterocycles. The Morgan fingerprint density at radius 1 is 0.703 bits per heavy atom. The summed E-state index contributed by atoms with van der Waals surface area (Å²) >= 11 is 0. The fourth-order valence-corrected chi connectivity index (χ4v) is 3.66. The summed E-state index contributed by atoms with van der Waals surface area (Å²) in [5.41, 5.74) is 0. The van der Waals surface area contributed by atoms with Crippen LogP contribution in [0.25, 0.3) is 0 Å². The molecule has 0 saturated carbocycles. The zero-order chi connectivity index (χ0) is 27.6. The molecule has 0 aliphatic rings. The van der Waals surface area contributed by atoms with Crippen molar-refractivity contribution < 1.29 is 45.7 Å². The molecule has 37 heavy (non-hydrogen) atoms. The number of rotatable bonds is 20. The first-order valence-electron chi connectivity index (χ1n) is 13.1. The number of carbonyl (C=O) groups is 1. The van der Waals surface area contributed by atoms with E-state index in [-0.39, 0.29) is 12.6 Å². The standard InChI is InChI=1S/C26H40F5NO5/c1-4-7-8-9-10-11-12-15-18(36-26(34-5-2)35-6-3)16-13-14-17-32-25(33)37-24-22(30)20(28)19(27)21(29)23(24)31/h18,26H,4-17H2,1-3H3,(H,32,33). The van der Waals surface area contributed by atoms with Crippen LogP contribution in [0.4, 0.5) is 26.7 Å². The highest BCUT2D eigenvalue weighted by atomic mass is 19.2. The first kappa shape index (κ1) is 33.0. The number of hydrogen-bond acceptors (Lipinski definition) is 5. The molecule has 0 saturated heterocycles. The Balaban J connectivity index is 2.49. The quantitative estimate of drug-likeness (QED) is 0.0608. The van der Waals surface area contributed by atoms with E-state index in [1.807, 2.05) is 13.8 Å². The number of nitrogens with one attached hydrogen (secondary N) is 1. The summed E-state index contributed by atoms with van der Waals surface area (Å²) in [5, 5.41) is 2.25. The van der Waals surface area contributed by atoms with Crippen molar-refractivity contribution in [2.75, 3.05) is 19.8 Å². The van der Waals surface area contributed by atoms with Crippen LogP contribution in [0.15, 0.2) is 0 Å². The van der Waals surface area contributed by atoms with Crippen molar-refractivity contribution in [1.82, 2.24) is 5.32 Å². The molecule has 1 rings (SSSR count). The van der Waals surface area contributed by atoms with Gasteiger partial charge in [0.25, 0.3) is 6.48 Å². The van der Waals surface area contributed by atoms with Gasteiger partial charge in [-0.05, 0) is 39.5 Å². The first-order chi connectivity index (χ1) is 17.8. The van der Waals surface area contributed by atoms with Gasteiger partial charge in [0.2, 0.25) is 34.8 Å². The van der Waals surface area contributed by atoms with Gasteiger partial charge in [0.1, 0.15) is 0 Å². The third-order valence-corrected chi connectivity index (χ3v) is 5.63. The van der Waals surface area contributed by atoms with Crippen molar-refractivity contribution in [2.45, 2.75) is 104 Å². The molecule has 0 heterocycles. The van der Waals surface area contributed by atoms with Crippen LogP contribution in [-0.2, 0) is 14.2 Å². The van der Waals surface area contributed by atoms with E-state index in [1.165, 1.54) is 32.1 Å². The SMILES string of the molecule is CCCCCCCCCC(CCCCNC(=O)Oc1c(F)c(F)c(F)c(F)c1F)OC(OCC)OCC. The normalized spacial score (nSPS) is 12.2. The Morgan fingerprint density at radius 3 is 1.73 bits per heavy atom. The van der Waals surface area contributed by atoms with E-state index in [4.69, 9.17) is 14.2 Å². The second kappa shape index (κ2) is 19.1. The third-order valence-electron chi connectivity index (χ3n) is 5.63. The number of ether oxygens (including phenoxy) is 4.